The van der Waals surface area contributed by atoms with Crippen molar-refractivity contribution in [3.63, 3.8) is 0 Å². The van der Waals surface area contributed by atoms with Gasteiger partial charge in [-0.15, -0.1) is 0 Å². The molecule has 1 atom stereocenters. The number of carbonyl (C=O) groups is 1. The molecule has 0 bridgehead atoms. The van der Waals surface area contributed by atoms with Gasteiger partial charge in [0.15, 0.2) is 12.7 Å². The quantitative estimate of drug-likeness (QED) is 0.536. The molecule has 1 N–H and O–H groups in total. The van der Waals surface area contributed by atoms with E-state index in [1.807, 2.05) is 6.07 Å². The number of rotatable bonds is 9. The Labute approximate surface area is 181 Å². The number of hydrogen-bond donors (Lipinski definition) is 1. The fourth-order valence-corrected chi connectivity index (χ4v) is 3.12. The molecule has 1 aliphatic heterocycles. The molecule has 1 heterocycles. The summed E-state index contributed by atoms with van der Waals surface area (Å²) < 4.78 is 57.9. The summed E-state index contributed by atoms with van der Waals surface area (Å²) in [5, 5.41) is 9.23. The van der Waals surface area contributed by atoms with Gasteiger partial charge in [0.05, 0.1) is 18.2 Å². The maximum absolute atomic E-state index is 12.2. The average molecular weight is 461 g/mol. The maximum atomic E-state index is 12.2. The Kier molecular flexibility index (Phi) is 7.37. The van der Waals surface area contributed by atoms with Crippen LogP contribution in [-0.4, -0.2) is 43.2 Å². The highest BCUT2D eigenvalue weighted by molar-refractivity contribution is 6.32. The van der Waals surface area contributed by atoms with E-state index in [-0.39, 0.29) is 17.4 Å². The van der Waals surface area contributed by atoms with Crippen LogP contribution < -0.4 is 18.9 Å². The van der Waals surface area contributed by atoms with Crippen molar-refractivity contribution in [3.05, 3.63) is 47.0 Å². The molecule has 10 heteroatoms. The number of hydrogen-bond acceptors (Lipinski definition) is 5. The molecule has 0 radical (unpaired) electrons. The monoisotopic (exact) mass is 460 g/mol. The maximum Gasteiger partial charge on any atom is 0.422 e. The molecule has 0 saturated carbocycles. The minimum atomic E-state index is -4.43. The first-order valence-electron chi connectivity index (χ1n) is 9.48. The first-order chi connectivity index (χ1) is 14.7. The summed E-state index contributed by atoms with van der Waals surface area (Å²) in [6.45, 7) is -0.803. The van der Waals surface area contributed by atoms with Crippen LogP contribution in [0.5, 0.6) is 23.0 Å². The Morgan fingerprint density at radius 1 is 1.10 bits per heavy atom. The van der Waals surface area contributed by atoms with Gasteiger partial charge in [0.1, 0.15) is 23.0 Å². The highest BCUT2D eigenvalue weighted by Gasteiger charge is 2.28. The fraction of sp³-hybridized carbons (Fsp3) is 0.381. The Bertz CT molecular complexity index is 918. The topological polar surface area (TPSA) is 74.2 Å². The molecule has 0 amide bonds. The van der Waals surface area contributed by atoms with E-state index in [1.54, 1.807) is 12.1 Å². The lowest BCUT2D eigenvalue weighted by Crippen LogP contribution is -2.30. The zero-order valence-corrected chi connectivity index (χ0v) is 17.0. The molecule has 2 aromatic rings. The van der Waals surface area contributed by atoms with Gasteiger partial charge < -0.3 is 24.1 Å². The van der Waals surface area contributed by atoms with Crippen LogP contribution in [0.4, 0.5) is 13.2 Å². The average Bonchev–Trinajstić information content (AvgIpc) is 2.72. The number of carboxylic acid groups (broad SMARTS) is 1. The van der Waals surface area contributed by atoms with Gasteiger partial charge in [0, 0.05) is 18.6 Å². The van der Waals surface area contributed by atoms with E-state index < -0.39 is 24.9 Å². The van der Waals surface area contributed by atoms with Gasteiger partial charge in [-0.2, -0.15) is 13.2 Å². The van der Waals surface area contributed by atoms with Gasteiger partial charge in [-0.25, -0.2) is 4.79 Å². The Balaban J connectivity index is 1.42. The van der Waals surface area contributed by atoms with Crippen molar-refractivity contribution in [2.75, 3.05) is 19.8 Å². The van der Waals surface area contributed by atoms with Gasteiger partial charge >= 0.3 is 12.1 Å². The van der Waals surface area contributed by atoms with E-state index in [4.69, 9.17) is 30.9 Å². The van der Waals surface area contributed by atoms with E-state index in [9.17, 15) is 18.0 Å². The van der Waals surface area contributed by atoms with Crippen LogP contribution >= 0.6 is 11.6 Å². The summed E-state index contributed by atoms with van der Waals surface area (Å²) in [7, 11) is 0. The molecular weight excluding hydrogens is 441 g/mol. The number of alkyl halides is 3. The van der Waals surface area contributed by atoms with Crippen molar-refractivity contribution in [2.45, 2.75) is 31.5 Å². The van der Waals surface area contributed by atoms with Crippen molar-refractivity contribution in [2.24, 2.45) is 0 Å². The molecule has 2 aromatic carbocycles. The van der Waals surface area contributed by atoms with Crippen molar-refractivity contribution in [1.29, 1.82) is 0 Å². The van der Waals surface area contributed by atoms with E-state index in [1.165, 1.54) is 18.2 Å². The molecule has 1 aliphatic rings. The predicted molar refractivity (Wildman–Crippen MR) is 105 cm³/mol. The summed E-state index contributed by atoms with van der Waals surface area (Å²) >= 11 is 6.02. The second-order valence-electron chi connectivity index (χ2n) is 6.80. The highest BCUT2D eigenvalue weighted by Crippen LogP contribution is 2.32. The summed E-state index contributed by atoms with van der Waals surface area (Å²) in [5.41, 5.74) is 0.936. The predicted octanol–water partition coefficient (Wildman–Crippen LogP) is 4.91. The smallest absolute Gasteiger partial charge is 0.422 e. The number of fused-ring (bicyclic) bond motifs is 1. The molecule has 0 aliphatic carbocycles. The standard InChI is InChI=1S/C21H20ClF3O6/c22-16-10-14(30-12-21(23,24)25)5-7-17(16)29-9-1-8-28-15-4-2-13-3-6-18(20(26)27)31-19(13)11-15/h2,4-5,7,10-11,18H,1,3,6,8-9,12H2,(H,26,27). The lowest BCUT2D eigenvalue weighted by Gasteiger charge is -2.23. The van der Waals surface area contributed by atoms with Crippen LogP contribution in [0.3, 0.4) is 0 Å². The molecule has 1 unspecified atom stereocenters. The number of aryl methyl sites for hydroxylation is 1. The van der Waals surface area contributed by atoms with Crippen LogP contribution in [0.15, 0.2) is 36.4 Å². The molecule has 0 fully saturated rings. The third-order valence-electron chi connectivity index (χ3n) is 4.38. The lowest BCUT2D eigenvalue weighted by molar-refractivity contribution is -0.153. The van der Waals surface area contributed by atoms with Crippen LogP contribution in [0.2, 0.25) is 5.02 Å². The lowest BCUT2D eigenvalue weighted by atomic mass is 10.0. The van der Waals surface area contributed by atoms with Gasteiger partial charge in [-0.1, -0.05) is 17.7 Å². The van der Waals surface area contributed by atoms with Crippen LogP contribution in [-0.2, 0) is 11.2 Å². The Morgan fingerprint density at radius 2 is 1.81 bits per heavy atom. The van der Waals surface area contributed by atoms with Gasteiger partial charge in [0.25, 0.3) is 0 Å². The van der Waals surface area contributed by atoms with Crippen molar-refractivity contribution >= 4 is 17.6 Å². The highest BCUT2D eigenvalue weighted by atomic mass is 35.5. The Morgan fingerprint density at radius 3 is 2.52 bits per heavy atom. The fourth-order valence-electron chi connectivity index (χ4n) is 2.90. The molecule has 0 saturated heterocycles. The number of carboxylic acids is 1. The number of benzene rings is 2. The van der Waals surface area contributed by atoms with Crippen molar-refractivity contribution in [1.82, 2.24) is 0 Å². The van der Waals surface area contributed by atoms with E-state index in [0.717, 1.165) is 5.56 Å². The molecule has 168 valence electrons. The second kappa shape index (κ2) is 10.00. The number of halogens is 4. The minimum Gasteiger partial charge on any atom is -0.493 e. The number of ether oxygens (including phenoxy) is 4. The molecular formula is C21H20ClF3O6. The second-order valence-corrected chi connectivity index (χ2v) is 7.21. The van der Waals surface area contributed by atoms with E-state index in [2.05, 4.69) is 4.74 Å². The first kappa shape index (κ1) is 22.9. The van der Waals surface area contributed by atoms with Gasteiger partial charge in [-0.3, -0.25) is 0 Å². The molecule has 0 spiro atoms. The summed E-state index contributed by atoms with van der Waals surface area (Å²) in [6, 6.07) is 9.36. The van der Waals surface area contributed by atoms with Gasteiger partial charge in [0.2, 0.25) is 0 Å². The zero-order valence-electron chi connectivity index (χ0n) is 16.3. The molecule has 6 nitrogen and oxygen atoms in total. The van der Waals surface area contributed by atoms with E-state index >= 15 is 0 Å². The number of aliphatic carboxylic acids is 1. The zero-order chi connectivity index (χ0) is 22.4. The van der Waals surface area contributed by atoms with Crippen molar-refractivity contribution in [3.8, 4) is 23.0 Å². The molecule has 3 rings (SSSR count). The summed E-state index contributed by atoms with van der Waals surface area (Å²) in [6.07, 6.45) is -3.72. The van der Waals surface area contributed by atoms with Crippen LogP contribution in [0.25, 0.3) is 0 Å². The largest absolute Gasteiger partial charge is 0.493 e. The minimum absolute atomic E-state index is 0.00206. The Hall–Kier alpha value is -2.81. The third kappa shape index (κ3) is 6.85. The van der Waals surface area contributed by atoms with Gasteiger partial charge in [-0.05, 0) is 36.6 Å². The van der Waals surface area contributed by atoms with Crippen LogP contribution in [0, 0.1) is 0 Å². The van der Waals surface area contributed by atoms with Crippen LogP contribution in [0.1, 0.15) is 18.4 Å². The molecule has 31 heavy (non-hydrogen) atoms. The third-order valence-corrected chi connectivity index (χ3v) is 4.68. The van der Waals surface area contributed by atoms with Crippen molar-refractivity contribution < 1.29 is 42.0 Å². The summed E-state index contributed by atoms with van der Waals surface area (Å²) in [5.74, 6) is 0.384. The first-order valence-corrected chi connectivity index (χ1v) is 9.86. The normalized spacial score (nSPS) is 15.5. The summed E-state index contributed by atoms with van der Waals surface area (Å²) in [4.78, 5) is 11.1. The SMILES string of the molecule is O=C(O)C1CCc2ccc(OCCCOc3ccc(OCC(F)(F)F)cc3Cl)cc2O1. The molecule has 0 aromatic heterocycles. The van der Waals surface area contributed by atoms with E-state index in [0.29, 0.717) is 43.1 Å².